The molecule has 0 spiro atoms. The Morgan fingerprint density at radius 1 is 1.46 bits per heavy atom. The number of amides is 1. The summed E-state index contributed by atoms with van der Waals surface area (Å²) < 4.78 is 2.69. The van der Waals surface area contributed by atoms with Gasteiger partial charge in [0.15, 0.2) is 4.77 Å². The molecule has 3 rings (SSSR count). The fraction of sp³-hybridized carbons (Fsp3) is 0.529. The lowest BCUT2D eigenvalue weighted by Crippen LogP contribution is -2.39. The highest BCUT2D eigenvalue weighted by Crippen LogP contribution is 2.26. The molecule has 1 aliphatic heterocycles. The van der Waals surface area contributed by atoms with E-state index in [1.54, 1.807) is 6.20 Å². The number of hydrogen-bond acceptors (Lipinski definition) is 4. The first-order chi connectivity index (χ1) is 11.7. The Morgan fingerprint density at radius 3 is 3.08 bits per heavy atom. The van der Waals surface area contributed by atoms with Crippen molar-refractivity contribution in [1.82, 2.24) is 24.6 Å². The van der Waals surface area contributed by atoms with Crippen LogP contribution in [0.2, 0.25) is 0 Å². The van der Waals surface area contributed by atoms with E-state index in [0.717, 1.165) is 44.0 Å². The van der Waals surface area contributed by atoms with Crippen LogP contribution in [-0.2, 0) is 17.8 Å². The average Bonchev–Trinajstić information content (AvgIpc) is 3.01. The van der Waals surface area contributed by atoms with Gasteiger partial charge in [-0.3, -0.25) is 14.9 Å². The monoisotopic (exact) mass is 345 g/mol. The lowest BCUT2D eigenvalue weighted by molar-refractivity contribution is -0.132. The lowest BCUT2D eigenvalue weighted by atomic mass is 9.96. The van der Waals surface area contributed by atoms with Crippen LogP contribution >= 0.6 is 12.2 Å². The van der Waals surface area contributed by atoms with E-state index >= 15 is 0 Å². The summed E-state index contributed by atoms with van der Waals surface area (Å²) in [5, 5.41) is 7.28. The molecule has 2 aromatic rings. The molecule has 1 amide bonds. The predicted octanol–water partition coefficient (Wildman–Crippen LogP) is 2.69. The highest BCUT2D eigenvalue weighted by Gasteiger charge is 2.27. The smallest absolute Gasteiger partial charge is 0.222 e. The fourth-order valence-corrected chi connectivity index (χ4v) is 3.57. The van der Waals surface area contributed by atoms with Crippen LogP contribution in [-0.4, -0.2) is 43.6 Å². The number of nitrogens with one attached hydrogen (secondary N) is 1. The first-order valence-electron chi connectivity index (χ1n) is 8.51. The van der Waals surface area contributed by atoms with Crippen molar-refractivity contribution in [3.05, 3.63) is 40.7 Å². The van der Waals surface area contributed by atoms with Gasteiger partial charge >= 0.3 is 0 Å². The van der Waals surface area contributed by atoms with Crippen molar-refractivity contribution < 1.29 is 4.79 Å². The van der Waals surface area contributed by atoms with Crippen LogP contribution < -0.4 is 0 Å². The van der Waals surface area contributed by atoms with E-state index in [1.165, 1.54) is 0 Å². The maximum Gasteiger partial charge on any atom is 0.222 e. The molecule has 128 valence electrons. The van der Waals surface area contributed by atoms with Gasteiger partial charge in [-0.1, -0.05) is 6.07 Å². The molecular formula is C17H23N5OS. The number of carbonyl (C=O) groups is 1. The second kappa shape index (κ2) is 7.70. The molecular weight excluding hydrogens is 322 g/mol. The molecule has 0 aliphatic carbocycles. The highest BCUT2D eigenvalue weighted by atomic mass is 32.1. The number of piperidine rings is 1. The van der Waals surface area contributed by atoms with Crippen LogP contribution in [0.25, 0.3) is 0 Å². The highest BCUT2D eigenvalue weighted by molar-refractivity contribution is 7.71. The first-order valence-corrected chi connectivity index (χ1v) is 8.92. The zero-order chi connectivity index (χ0) is 16.9. The summed E-state index contributed by atoms with van der Waals surface area (Å²) in [6, 6.07) is 5.81. The van der Waals surface area contributed by atoms with Crippen LogP contribution in [0, 0.1) is 4.77 Å². The summed E-state index contributed by atoms with van der Waals surface area (Å²) in [7, 11) is 0. The molecule has 2 aromatic heterocycles. The van der Waals surface area contributed by atoms with Crippen LogP contribution in [0.3, 0.4) is 0 Å². The maximum atomic E-state index is 12.6. The molecule has 0 radical (unpaired) electrons. The minimum absolute atomic E-state index is 0.197. The molecule has 1 N–H and O–H groups in total. The van der Waals surface area contributed by atoms with Gasteiger partial charge in [0.1, 0.15) is 5.82 Å². The summed E-state index contributed by atoms with van der Waals surface area (Å²) in [6.07, 6.45) is 5.01. The molecule has 7 heteroatoms. The van der Waals surface area contributed by atoms with Gasteiger partial charge in [-0.2, -0.15) is 5.10 Å². The summed E-state index contributed by atoms with van der Waals surface area (Å²) in [4.78, 5) is 18.8. The van der Waals surface area contributed by atoms with E-state index in [-0.39, 0.29) is 11.8 Å². The normalized spacial score (nSPS) is 17.9. The zero-order valence-electron chi connectivity index (χ0n) is 13.9. The fourth-order valence-electron chi connectivity index (χ4n) is 3.30. The number of aromatic nitrogens is 4. The minimum Gasteiger partial charge on any atom is -0.342 e. The van der Waals surface area contributed by atoms with E-state index in [4.69, 9.17) is 12.2 Å². The van der Waals surface area contributed by atoms with Gasteiger partial charge in [0, 0.05) is 43.9 Å². The second-order valence-corrected chi connectivity index (χ2v) is 6.52. The minimum atomic E-state index is 0.197. The van der Waals surface area contributed by atoms with Crippen molar-refractivity contribution in [3.63, 3.8) is 0 Å². The molecule has 24 heavy (non-hydrogen) atoms. The summed E-state index contributed by atoms with van der Waals surface area (Å²) in [6.45, 7) is 4.41. The molecule has 3 heterocycles. The first kappa shape index (κ1) is 16.8. The Morgan fingerprint density at radius 2 is 2.33 bits per heavy atom. The van der Waals surface area contributed by atoms with Gasteiger partial charge in [0.2, 0.25) is 5.91 Å². The number of H-pyrrole nitrogens is 1. The molecule has 0 saturated carbocycles. The number of pyridine rings is 1. The van der Waals surface area contributed by atoms with Gasteiger partial charge in [0.25, 0.3) is 0 Å². The van der Waals surface area contributed by atoms with Crippen molar-refractivity contribution in [2.75, 3.05) is 13.1 Å². The Bertz CT molecular complexity index is 739. The largest absolute Gasteiger partial charge is 0.342 e. The Hall–Kier alpha value is -2.02. The Labute approximate surface area is 146 Å². The lowest BCUT2D eigenvalue weighted by Gasteiger charge is -2.32. The van der Waals surface area contributed by atoms with Crippen LogP contribution in [0.4, 0.5) is 0 Å². The van der Waals surface area contributed by atoms with E-state index in [2.05, 4.69) is 22.1 Å². The topological polar surface area (TPSA) is 66.8 Å². The van der Waals surface area contributed by atoms with Crippen molar-refractivity contribution in [1.29, 1.82) is 0 Å². The number of aryl methyl sites for hydroxylation is 1. The predicted molar refractivity (Wildman–Crippen MR) is 94.2 cm³/mol. The van der Waals surface area contributed by atoms with Crippen molar-refractivity contribution in [2.24, 2.45) is 0 Å². The zero-order valence-corrected chi connectivity index (χ0v) is 14.8. The molecule has 1 unspecified atom stereocenters. The third kappa shape index (κ3) is 3.72. The molecule has 1 atom stereocenters. The summed E-state index contributed by atoms with van der Waals surface area (Å²) in [5.41, 5.74) is 0.964. The van der Waals surface area contributed by atoms with Crippen LogP contribution in [0.15, 0.2) is 24.4 Å². The molecule has 1 saturated heterocycles. The molecule has 6 nitrogen and oxygen atoms in total. The molecule has 0 aromatic carbocycles. The quantitative estimate of drug-likeness (QED) is 0.846. The Kier molecular flexibility index (Phi) is 5.40. The molecule has 1 fully saturated rings. The van der Waals surface area contributed by atoms with Crippen molar-refractivity contribution in [3.8, 4) is 0 Å². The van der Waals surface area contributed by atoms with Gasteiger partial charge in [-0.05, 0) is 50.5 Å². The van der Waals surface area contributed by atoms with Gasteiger partial charge in [-0.15, -0.1) is 0 Å². The SMILES string of the molecule is CCn1c(C2CCCN(C(=O)CCc3ccccn3)C2)n[nH]c1=S. The van der Waals surface area contributed by atoms with Gasteiger partial charge in [0.05, 0.1) is 0 Å². The van der Waals surface area contributed by atoms with Crippen molar-refractivity contribution in [2.45, 2.75) is 45.1 Å². The maximum absolute atomic E-state index is 12.6. The number of nitrogens with zero attached hydrogens (tertiary/aromatic N) is 4. The van der Waals surface area contributed by atoms with E-state index in [0.29, 0.717) is 17.6 Å². The van der Waals surface area contributed by atoms with Gasteiger partial charge in [-0.25, -0.2) is 0 Å². The Balaban J connectivity index is 1.62. The van der Waals surface area contributed by atoms with E-state index in [9.17, 15) is 4.79 Å². The number of likely N-dealkylation sites (tertiary alicyclic amines) is 1. The summed E-state index contributed by atoms with van der Waals surface area (Å²) >= 11 is 5.28. The number of hydrogen-bond donors (Lipinski definition) is 1. The summed E-state index contributed by atoms with van der Waals surface area (Å²) in [5.74, 6) is 1.43. The average molecular weight is 345 g/mol. The molecule has 0 bridgehead atoms. The second-order valence-electron chi connectivity index (χ2n) is 6.13. The number of carbonyl (C=O) groups excluding carboxylic acids is 1. The standard InChI is InChI=1S/C17H23N5OS/c1-2-22-16(19-20-17(22)24)13-6-5-11-21(12-13)15(23)9-8-14-7-3-4-10-18-14/h3-4,7,10,13H,2,5-6,8-9,11-12H2,1H3,(H,20,24). The van der Waals surface area contributed by atoms with E-state index < -0.39 is 0 Å². The van der Waals surface area contributed by atoms with Gasteiger partial charge < -0.3 is 9.47 Å². The third-order valence-corrected chi connectivity index (χ3v) is 4.88. The molecule has 1 aliphatic rings. The third-order valence-electron chi connectivity index (χ3n) is 4.56. The van der Waals surface area contributed by atoms with Crippen LogP contribution in [0.1, 0.15) is 43.6 Å². The number of rotatable bonds is 5. The number of aromatic amines is 1. The van der Waals surface area contributed by atoms with Crippen molar-refractivity contribution >= 4 is 18.1 Å². The van der Waals surface area contributed by atoms with E-state index in [1.807, 2.05) is 27.7 Å². The van der Waals surface area contributed by atoms with Crippen LogP contribution in [0.5, 0.6) is 0 Å².